The van der Waals surface area contributed by atoms with Gasteiger partial charge in [-0.2, -0.15) is 4.31 Å². The van der Waals surface area contributed by atoms with Crippen molar-refractivity contribution in [3.05, 3.63) is 40.9 Å². The number of sulfonamides is 1. The maximum Gasteiger partial charge on any atom is 0.257 e. The van der Waals surface area contributed by atoms with E-state index in [2.05, 4.69) is 22.1 Å². The second-order valence-electron chi connectivity index (χ2n) is 8.22. The predicted octanol–water partition coefficient (Wildman–Crippen LogP) is 3.66. The Morgan fingerprint density at radius 2 is 2.03 bits per heavy atom. The smallest absolute Gasteiger partial charge is 0.257 e. The van der Waals surface area contributed by atoms with Gasteiger partial charge in [0.15, 0.2) is 5.13 Å². The molecule has 1 aliphatic rings. The summed E-state index contributed by atoms with van der Waals surface area (Å²) in [5, 5.41) is 5.34. The lowest BCUT2D eigenvalue weighted by Crippen LogP contribution is -2.33. The third-order valence-electron chi connectivity index (χ3n) is 5.42. The van der Waals surface area contributed by atoms with E-state index >= 15 is 0 Å². The van der Waals surface area contributed by atoms with Crippen molar-refractivity contribution >= 4 is 32.4 Å². The number of aromatic nitrogens is 1. The zero-order chi connectivity index (χ0) is 21.9. The molecule has 7 nitrogen and oxygen atoms in total. The van der Waals surface area contributed by atoms with E-state index in [1.54, 1.807) is 7.05 Å². The number of carbonyl (C=O) groups is 1. The molecule has 1 fully saturated rings. The molecule has 0 aliphatic carbocycles. The van der Waals surface area contributed by atoms with Gasteiger partial charge in [0.1, 0.15) is 0 Å². The number of likely N-dealkylation sites (tertiary alicyclic amines) is 1. The highest BCUT2D eigenvalue weighted by Crippen LogP contribution is 2.22. The van der Waals surface area contributed by atoms with Crippen LogP contribution in [0, 0.1) is 5.92 Å². The summed E-state index contributed by atoms with van der Waals surface area (Å²) in [7, 11) is -2.02. The molecule has 1 amide bonds. The number of hydrogen-bond donors (Lipinski definition) is 1. The van der Waals surface area contributed by atoms with Crippen LogP contribution in [0.5, 0.6) is 0 Å². The Kier molecular flexibility index (Phi) is 7.28. The zero-order valence-corrected chi connectivity index (χ0v) is 19.6. The van der Waals surface area contributed by atoms with Gasteiger partial charge in [0.25, 0.3) is 5.91 Å². The molecule has 2 aromatic rings. The van der Waals surface area contributed by atoms with Crippen LogP contribution in [0.1, 0.15) is 49.7 Å². The van der Waals surface area contributed by atoms with Crippen LogP contribution in [0.2, 0.25) is 0 Å². The molecule has 9 heteroatoms. The highest BCUT2D eigenvalue weighted by atomic mass is 32.2. The van der Waals surface area contributed by atoms with Crippen LogP contribution in [0.25, 0.3) is 0 Å². The van der Waals surface area contributed by atoms with E-state index < -0.39 is 10.0 Å². The molecule has 1 atom stereocenters. The fourth-order valence-corrected chi connectivity index (χ4v) is 5.55. The van der Waals surface area contributed by atoms with Gasteiger partial charge in [0.05, 0.1) is 10.6 Å². The van der Waals surface area contributed by atoms with Crippen molar-refractivity contribution in [3.63, 3.8) is 0 Å². The molecule has 1 unspecified atom stereocenters. The van der Waals surface area contributed by atoms with E-state index in [4.69, 9.17) is 0 Å². The fourth-order valence-electron chi connectivity index (χ4n) is 3.49. The number of benzene rings is 1. The van der Waals surface area contributed by atoms with Crippen molar-refractivity contribution in [2.45, 2.75) is 51.1 Å². The first-order chi connectivity index (χ1) is 14.2. The minimum atomic E-state index is -3.57. The molecule has 0 saturated carbocycles. The Morgan fingerprint density at radius 3 is 2.67 bits per heavy atom. The predicted molar refractivity (Wildman–Crippen MR) is 120 cm³/mol. The molecule has 164 valence electrons. The summed E-state index contributed by atoms with van der Waals surface area (Å²) in [6.45, 7) is 8.87. The Labute approximate surface area is 183 Å². The van der Waals surface area contributed by atoms with E-state index in [1.807, 2.05) is 19.2 Å². The summed E-state index contributed by atoms with van der Waals surface area (Å²) < 4.78 is 26.4. The summed E-state index contributed by atoms with van der Waals surface area (Å²) in [6, 6.07) is 5.84. The molecule has 2 heterocycles. The molecule has 1 N–H and O–H groups in total. The Balaban J connectivity index is 1.62. The lowest BCUT2D eigenvalue weighted by molar-refractivity contribution is 0.102. The molecule has 30 heavy (non-hydrogen) atoms. The first-order valence-corrected chi connectivity index (χ1v) is 12.5. The van der Waals surface area contributed by atoms with Gasteiger partial charge < -0.3 is 0 Å². The number of nitrogens with one attached hydrogen (secondary N) is 1. The summed E-state index contributed by atoms with van der Waals surface area (Å²) in [5.41, 5.74) is 1.35. The molecule has 3 rings (SSSR count). The van der Waals surface area contributed by atoms with E-state index in [1.165, 1.54) is 52.7 Å². The maximum atomic E-state index is 12.5. The fraction of sp³-hybridized carbons (Fsp3) is 0.524. The molecule has 1 saturated heterocycles. The van der Waals surface area contributed by atoms with Crippen molar-refractivity contribution in [1.29, 1.82) is 0 Å². The van der Waals surface area contributed by atoms with Crippen LogP contribution >= 0.6 is 11.3 Å². The van der Waals surface area contributed by atoms with Crippen LogP contribution in [0.3, 0.4) is 0 Å². The third kappa shape index (κ3) is 5.46. The molecular weight excluding hydrogens is 420 g/mol. The quantitative estimate of drug-likeness (QED) is 0.696. The molecule has 1 aromatic carbocycles. The van der Waals surface area contributed by atoms with E-state index in [0.717, 1.165) is 25.3 Å². The number of nitrogens with zero attached hydrogens (tertiary/aromatic N) is 3. The number of thiazole rings is 1. The van der Waals surface area contributed by atoms with E-state index in [-0.39, 0.29) is 16.8 Å². The van der Waals surface area contributed by atoms with Gasteiger partial charge in [0, 0.05) is 37.1 Å². The average Bonchev–Trinajstić information content (AvgIpc) is 3.14. The zero-order valence-electron chi connectivity index (χ0n) is 18.0. The summed E-state index contributed by atoms with van der Waals surface area (Å²) >= 11 is 1.40. The van der Waals surface area contributed by atoms with Gasteiger partial charge in [-0.25, -0.2) is 13.4 Å². The van der Waals surface area contributed by atoms with Crippen molar-refractivity contribution in [3.8, 4) is 0 Å². The van der Waals surface area contributed by atoms with E-state index in [0.29, 0.717) is 16.6 Å². The summed E-state index contributed by atoms with van der Waals surface area (Å²) in [6.07, 6.45) is 2.50. The lowest BCUT2D eigenvalue weighted by Gasteiger charge is -2.30. The second kappa shape index (κ2) is 9.55. The molecular formula is C21H30N4O3S2. The minimum absolute atomic E-state index is 0.148. The Morgan fingerprint density at radius 1 is 1.33 bits per heavy atom. The van der Waals surface area contributed by atoms with Gasteiger partial charge in [-0.3, -0.25) is 15.0 Å². The normalized spacial score (nSPS) is 18.1. The van der Waals surface area contributed by atoms with Crippen molar-refractivity contribution in [1.82, 2.24) is 14.2 Å². The molecule has 1 aromatic heterocycles. The number of carbonyl (C=O) groups excluding carboxylic acids is 1. The Bertz CT molecular complexity index is 970. The van der Waals surface area contributed by atoms with Crippen LogP contribution < -0.4 is 5.32 Å². The molecule has 0 bridgehead atoms. The highest BCUT2D eigenvalue weighted by Gasteiger charge is 2.23. The van der Waals surface area contributed by atoms with Gasteiger partial charge in [0.2, 0.25) is 10.0 Å². The number of hydrogen-bond acceptors (Lipinski definition) is 6. The van der Waals surface area contributed by atoms with Crippen LogP contribution in [0.4, 0.5) is 5.13 Å². The second-order valence-corrected chi connectivity index (χ2v) is 11.1. The minimum Gasteiger partial charge on any atom is -0.298 e. The molecule has 0 radical (unpaired) electrons. The van der Waals surface area contributed by atoms with Gasteiger partial charge in [-0.1, -0.05) is 6.92 Å². The molecule has 0 spiro atoms. The first kappa shape index (κ1) is 22.9. The van der Waals surface area contributed by atoms with Crippen LogP contribution in [-0.4, -0.2) is 54.7 Å². The van der Waals surface area contributed by atoms with Gasteiger partial charge >= 0.3 is 0 Å². The standard InChI is InChI=1S/C21H30N4O3S2/c1-15(2)24(4)30(27,28)19-9-7-17(8-10-19)20(26)23-21-22-18(14-29-21)13-25-11-5-6-16(3)12-25/h7-10,14-16H,5-6,11-13H2,1-4H3,(H,22,23,26). The van der Waals surface area contributed by atoms with Crippen molar-refractivity contribution in [2.75, 3.05) is 25.5 Å². The largest absolute Gasteiger partial charge is 0.298 e. The average molecular weight is 451 g/mol. The lowest BCUT2D eigenvalue weighted by atomic mass is 10.0. The first-order valence-electron chi connectivity index (χ1n) is 10.2. The summed E-state index contributed by atoms with van der Waals surface area (Å²) in [5.74, 6) is 0.410. The third-order valence-corrected chi connectivity index (χ3v) is 8.27. The van der Waals surface area contributed by atoms with Crippen molar-refractivity contribution < 1.29 is 13.2 Å². The Hall–Kier alpha value is -1.81. The topological polar surface area (TPSA) is 82.6 Å². The van der Waals surface area contributed by atoms with Crippen molar-refractivity contribution in [2.24, 2.45) is 5.92 Å². The number of anilines is 1. The monoisotopic (exact) mass is 450 g/mol. The number of amides is 1. The molecule has 1 aliphatic heterocycles. The van der Waals surface area contributed by atoms with Gasteiger partial charge in [-0.15, -0.1) is 11.3 Å². The highest BCUT2D eigenvalue weighted by molar-refractivity contribution is 7.89. The number of piperidine rings is 1. The SMILES string of the molecule is CC1CCCN(Cc2csc(NC(=O)c3ccc(S(=O)(=O)N(C)C(C)C)cc3)n2)C1. The van der Waals surface area contributed by atoms with Crippen LogP contribution in [-0.2, 0) is 16.6 Å². The van der Waals surface area contributed by atoms with Gasteiger partial charge in [-0.05, 0) is 63.4 Å². The maximum absolute atomic E-state index is 12.5. The van der Waals surface area contributed by atoms with Crippen LogP contribution in [0.15, 0.2) is 34.5 Å². The number of rotatable bonds is 7. The van der Waals surface area contributed by atoms with E-state index in [9.17, 15) is 13.2 Å². The summed E-state index contributed by atoms with van der Waals surface area (Å²) in [4.78, 5) is 19.7.